The second kappa shape index (κ2) is 8.88. The standard InChI is InChI=1S/C18H17Cl3N2O4S/c19-12-6-7-15(16(10-12)28(25,26)23-8-1-2-9-23)27-11-17(24)22-14-5-3-4-13(20)18(14)21/h3-7,10H,1-2,8-9,11H2,(H,22,24). The average Bonchev–Trinajstić information content (AvgIpc) is 3.20. The fourth-order valence-corrected chi connectivity index (χ4v) is 5.06. The van der Waals surface area contributed by atoms with Crippen molar-refractivity contribution >= 4 is 56.4 Å². The SMILES string of the molecule is O=C(COc1ccc(Cl)cc1S(=O)(=O)N1CCCC1)Nc1cccc(Cl)c1Cl. The third kappa shape index (κ3) is 4.72. The van der Waals surface area contributed by atoms with Crippen LogP contribution < -0.4 is 10.1 Å². The van der Waals surface area contributed by atoms with E-state index in [0.29, 0.717) is 23.8 Å². The fraction of sp³-hybridized carbons (Fsp3) is 0.278. The van der Waals surface area contributed by atoms with E-state index in [9.17, 15) is 13.2 Å². The van der Waals surface area contributed by atoms with Crippen LogP contribution in [-0.2, 0) is 14.8 Å². The van der Waals surface area contributed by atoms with Gasteiger partial charge in [0.15, 0.2) is 6.61 Å². The number of sulfonamides is 1. The van der Waals surface area contributed by atoms with Crippen LogP contribution in [0.4, 0.5) is 5.69 Å². The predicted molar refractivity (Wildman–Crippen MR) is 110 cm³/mol. The molecule has 10 heteroatoms. The van der Waals surface area contributed by atoms with Crippen molar-refractivity contribution in [2.75, 3.05) is 25.0 Å². The monoisotopic (exact) mass is 462 g/mol. The summed E-state index contributed by atoms with van der Waals surface area (Å²) in [6, 6.07) is 9.11. The minimum absolute atomic E-state index is 0.0589. The summed E-state index contributed by atoms with van der Waals surface area (Å²) in [5.41, 5.74) is 0.337. The van der Waals surface area contributed by atoms with Crippen molar-refractivity contribution in [1.29, 1.82) is 0 Å². The number of hydrogen-bond donors (Lipinski definition) is 1. The number of nitrogens with zero attached hydrogens (tertiary/aromatic N) is 1. The summed E-state index contributed by atoms with van der Waals surface area (Å²) in [5.74, 6) is -0.452. The Labute approximate surface area is 178 Å². The number of rotatable bonds is 6. The van der Waals surface area contributed by atoms with Gasteiger partial charge < -0.3 is 10.1 Å². The fourth-order valence-electron chi connectivity index (χ4n) is 2.80. The molecule has 1 amide bonds. The van der Waals surface area contributed by atoms with E-state index in [4.69, 9.17) is 39.5 Å². The number of carbonyl (C=O) groups excluding carboxylic acids is 1. The Balaban J connectivity index is 1.76. The van der Waals surface area contributed by atoms with E-state index in [-0.39, 0.29) is 20.7 Å². The van der Waals surface area contributed by atoms with Crippen molar-refractivity contribution in [3.8, 4) is 5.75 Å². The molecular weight excluding hydrogens is 447 g/mol. The lowest BCUT2D eigenvalue weighted by atomic mass is 10.3. The first kappa shape index (κ1) is 21.2. The minimum Gasteiger partial charge on any atom is -0.482 e. The number of benzene rings is 2. The van der Waals surface area contributed by atoms with E-state index >= 15 is 0 Å². The summed E-state index contributed by atoms with van der Waals surface area (Å²) >= 11 is 17.9. The molecule has 1 N–H and O–H groups in total. The van der Waals surface area contributed by atoms with Crippen LogP contribution >= 0.6 is 34.8 Å². The second-order valence-electron chi connectivity index (χ2n) is 6.14. The van der Waals surface area contributed by atoms with Crippen LogP contribution in [-0.4, -0.2) is 38.3 Å². The van der Waals surface area contributed by atoms with Crippen LogP contribution in [0, 0.1) is 0 Å². The van der Waals surface area contributed by atoms with Crippen LogP contribution in [0.2, 0.25) is 15.1 Å². The lowest BCUT2D eigenvalue weighted by Gasteiger charge is -2.18. The first-order chi connectivity index (χ1) is 13.3. The molecule has 0 unspecified atom stereocenters. The maximum Gasteiger partial charge on any atom is 0.262 e. The molecule has 0 atom stereocenters. The zero-order valence-electron chi connectivity index (χ0n) is 14.6. The molecule has 2 aromatic carbocycles. The molecule has 150 valence electrons. The van der Waals surface area contributed by atoms with E-state index in [1.807, 2.05) is 0 Å². The molecule has 28 heavy (non-hydrogen) atoms. The molecule has 3 rings (SSSR count). The van der Waals surface area contributed by atoms with Gasteiger partial charge in [0.1, 0.15) is 10.6 Å². The van der Waals surface area contributed by atoms with Gasteiger partial charge in [0.05, 0.1) is 15.7 Å². The Kier molecular flexibility index (Phi) is 6.73. The first-order valence-corrected chi connectivity index (χ1v) is 11.0. The highest BCUT2D eigenvalue weighted by Gasteiger charge is 2.30. The summed E-state index contributed by atoms with van der Waals surface area (Å²) in [7, 11) is -3.76. The minimum atomic E-state index is -3.76. The second-order valence-corrected chi connectivity index (χ2v) is 9.27. The van der Waals surface area contributed by atoms with Gasteiger partial charge in [-0.1, -0.05) is 40.9 Å². The summed E-state index contributed by atoms with van der Waals surface area (Å²) < 4.78 is 32.6. The van der Waals surface area contributed by atoms with Crippen LogP contribution in [0.1, 0.15) is 12.8 Å². The summed E-state index contributed by atoms with van der Waals surface area (Å²) in [5, 5.41) is 3.36. The molecule has 6 nitrogen and oxygen atoms in total. The van der Waals surface area contributed by atoms with Crippen molar-refractivity contribution in [3.63, 3.8) is 0 Å². The van der Waals surface area contributed by atoms with E-state index in [1.54, 1.807) is 18.2 Å². The molecule has 0 aromatic heterocycles. The molecule has 1 fully saturated rings. The van der Waals surface area contributed by atoms with Gasteiger partial charge in [0, 0.05) is 18.1 Å². The maximum absolute atomic E-state index is 12.9. The highest BCUT2D eigenvalue weighted by Crippen LogP contribution is 2.32. The highest BCUT2D eigenvalue weighted by molar-refractivity contribution is 7.89. The molecule has 0 spiro atoms. The van der Waals surface area contributed by atoms with Gasteiger partial charge in [-0.2, -0.15) is 4.31 Å². The maximum atomic E-state index is 12.9. The lowest BCUT2D eigenvalue weighted by molar-refractivity contribution is -0.118. The Morgan fingerprint density at radius 2 is 1.82 bits per heavy atom. The Bertz CT molecular complexity index is 992. The number of hydrogen-bond acceptors (Lipinski definition) is 4. The summed E-state index contributed by atoms with van der Waals surface area (Å²) in [6.45, 7) is 0.483. The average molecular weight is 464 g/mol. The van der Waals surface area contributed by atoms with Crippen molar-refractivity contribution in [3.05, 3.63) is 51.5 Å². The van der Waals surface area contributed by atoms with E-state index in [2.05, 4.69) is 5.32 Å². The molecular formula is C18H17Cl3N2O4S. The van der Waals surface area contributed by atoms with Gasteiger partial charge in [-0.15, -0.1) is 0 Å². The quantitative estimate of drug-likeness (QED) is 0.687. The molecule has 2 aromatic rings. The van der Waals surface area contributed by atoms with Gasteiger partial charge in [-0.25, -0.2) is 8.42 Å². The van der Waals surface area contributed by atoms with Gasteiger partial charge in [-0.05, 0) is 43.2 Å². The first-order valence-electron chi connectivity index (χ1n) is 8.45. The van der Waals surface area contributed by atoms with Gasteiger partial charge >= 0.3 is 0 Å². The summed E-state index contributed by atoms with van der Waals surface area (Å²) in [6.07, 6.45) is 1.61. The number of ether oxygens (including phenoxy) is 1. The lowest BCUT2D eigenvalue weighted by Crippen LogP contribution is -2.28. The van der Waals surface area contributed by atoms with Crippen molar-refractivity contribution in [2.45, 2.75) is 17.7 Å². The van der Waals surface area contributed by atoms with Gasteiger partial charge in [0.25, 0.3) is 5.91 Å². The van der Waals surface area contributed by atoms with Crippen LogP contribution in [0.5, 0.6) is 5.75 Å². The Hall–Kier alpha value is -1.51. The van der Waals surface area contributed by atoms with Crippen molar-refractivity contribution in [2.24, 2.45) is 0 Å². The number of anilines is 1. The molecule has 1 aliphatic rings. The zero-order chi connectivity index (χ0) is 20.3. The molecule has 1 heterocycles. The third-order valence-corrected chi connectivity index (χ3v) is 7.15. The summed E-state index contributed by atoms with van der Waals surface area (Å²) in [4.78, 5) is 12.1. The number of halogens is 3. The van der Waals surface area contributed by atoms with Crippen LogP contribution in [0.3, 0.4) is 0 Å². The van der Waals surface area contributed by atoms with Crippen LogP contribution in [0.15, 0.2) is 41.3 Å². The molecule has 1 saturated heterocycles. The number of carbonyl (C=O) groups is 1. The number of amides is 1. The van der Waals surface area contributed by atoms with E-state index in [0.717, 1.165) is 12.8 Å². The highest BCUT2D eigenvalue weighted by atomic mass is 35.5. The molecule has 1 aliphatic heterocycles. The molecule has 0 saturated carbocycles. The Morgan fingerprint density at radius 1 is 1.11 bits per heavy atom. The molecule has 0 bridgehead atoms. The largest absolute Gasteiger partial charge is 0.482 e. The Morgan fingerprint density at radius 3 is 2.54 bits per heavy atom. The number of nitrogens with one attached hydrogen (secondary N) is 1. The van der Waals surface area contributed by atoms with E-state index < -0.39 is 22.5 Å². The van der Waals surface area contributed by atoms with Crippen LogP contribution in [0.25, 0.3) is 0 Å². The molecule has 0 radical (unpaired) electrons. The van der Waals surface area contributed by atoms with Gasteiger partial charge in [0.2, 0.25) is 10.0 Å². The predicted octanol–water partition coefficient (Wildman–Crippen LogP) is 4.45. The molecule has 0 aliphatic carbocycles. The third-order valence-electron chi connectivity index (χ3n) is 4.17. The van der Waals surface area contributed by atoms with Crippen molar-refractivity contribution in [1.82, 2.24) is 4.31 Å². The normalized spacial score (nSPS) is 14.8. The van der Waals surface area contributed by atoms with E-state index in [1.165, 1.54) is 22.5 Å². The topological polar surface area (TPSA) is 75.7 Å². The van der Waals surface area contributed by atoms with Gasteiger partial charge in [-0.3, -0.25) is 4.79 Å². The smallest absolute Gasteiger partial charge is 0.262 e. The zero-order valence-corrected chi connectivity index (χ0v) is 17.7. The van der Waals surface area contributed by atoms with Crippen molar-refractivity contribution < 1.29 is 17.9 Å².